The van der Waals surface area contributed by atoms with Crippen LogP contribution in [0.15, 0.2) is 0 Å². The number of hydrogen-bond donors (Lipinski definition) is 2. The number of aryl methyl sites for hydroxylation is 2. The monoisotopic (exact) mass is 286 g/mol. The van der Waals surface area contributed by atoms with Gasteiger partial charge in [-0.15, -0.1) is 0 Å². The predicted octanol–water partition coefficient (Wildman–Crippen LogP) is 1.09. The highest BCUT2D eigenvalue weighted by atomic mass is 16.6. The quantitative estimate of drug-likeness (QED) is 0.520. The Morgan fingerprint density at radius 2 is 2.30 bits per heavy atom. The van der Waals surface area contributed by atoms with Crippen molar-refractivity contribution in [3.05, 3.63) is 15.8 Å². The van der Waals surface area contributed by atoms with Crippen molar-refractivity contribution in [3.8, 4) is 0 Å². The van der Waals surface area contributed by atoms with E-state index in [0.29, 0.717) is 31.0 Å². The van der Waals surface area contributed by atoms with Crippen LogP contribution in [0.3, 0.4) is 0 Å². The highest BCUT2D eigenvalue weighted by molar-refractivity contribution is 5.60. The Balaban J connectivity index is 3.05. The first-order valence-corrected chi connectivity index (χ1v) is 6.61. The van der Waals surface area contributed by atoms with Crippen LogP contribution in [0.5, 0.6) is 0 Å². The molecule has 2 N–H and O–H groups in total. The molecule has 8 heteroatoms. The molecule has 0 aliphatic carbocycles. The van der Waals surface area contributed by atoms with Gasteiger partial charge in [0.05, 0.1) is 17.6 Å². The summed E-state index contributed by atoms with van der Waals surface area (Å²) in [6.07, 6.45) is 1.79. The van der Waals surface area contributed by atoms with E-state index in [1.807, 2.05) is 6.92 Å². The minimum Gasteiger partial charge on any atom is -0.396 e. The van der Waals surface area contributed by atoms with Crippen molar-refractivity contribution in [1.29, 1.82) is 0 Å². The Morgan fingerprint density at radius 1 is 1.60 bits per heavy atom. The maximum absolute atomic E-state index is 11.3. The lowest BCUT2D eigenvalue weighted by Crippen LogP contribution is -2.27. The molecule has 0 saturated heterocycles. The maximum atomic E-state index is 11.3. The Kier molecular flexibility index (Phi) is 6.40. The van der Waals surface area contributed by atoms with E-state index in [9.17, 15) is 10.1 Å². The lowest BCUT2D eigenvalue weighted by Gasteiger charge is -2.17. The van der Waals surface area contributed by atoms with Gasteiger partial charge in [0.15, 0.2) is 0 Å². The molecule has 0 aliphatic rings. The number of rotatable bonds is 9. The molecule has 8 nitrogen and oxygen atoms in total. The van der Waals surface area contributed by atoms with Gasteiger partial charge in [0.2, 0.25) is 5.82 Å². The fourth-order valence-electron chi connectivity index (χ4n) is 2.07. The lowest BCUT2D eigenvalue weighted by molar-refractivity contribution is -0.384. The highest BCUT2D eigenvalue weighted by Gasteiger charge is 2.27. The van der Waals surface area contributed by atoms with Gasteiger partial charge in [-0.2, -0.15) is 5.10 Å². The molecule has 0 amide bonds. The molecule has 1 rings (SSSR count). The first-order valence-electron chi connectivity index (χ1n) is 6.61. The minimum atomic E-state index is -0.414. The molecule has 0 saturated carbocycles. The van der Waals surface area contributed by atoms with Gasteiger partial charge in [0.25, 0.3) is 0 Å². The summed E-state index contributed by atoms with van der Waals surface area (Å²) in [5, 5.41) is 27.5. The second-order valence-corrected chi connectivity index (χ2v) is 4.58. The summed E-state index contributed by atoms with van der Waals surface area (Å²) in [4.78, 5) is 10.8. The van der Waals surface area contributed by atoms with E-state index in [1.165, 1.54) is 4.68 Å². The van der Waals surface area contributed by atoms with Crippen LogP contribution in [0.2, 0.25) is 0 Å². The molecule has 0 bridgehead atoms. The maximum Gasteiger partial charge on any atom is 0.334 e. The number of ether oxygens (including phenoxy) is 1. The zero-order valence-electron chi connectivity index (χ0n) is 12.1. The Labute approximate surface area is 117 Å². The fourth-order valence-corrected chi connectivity index (χ4v) is 2.07. The third kappa shape index (κ3) is 3.91. The van der Waals surface area contributed by atoms with Crippen molar-refractivity contribution < 1.29 is 14.8 Å². The number of aliphatic hydroxyl groups excluding tert-OH is 1. The lowest BCUT2D eigenvalue weighted by atomic mass is 10.2. The smallest absolute Gasteiger partial charge is 0.334 e. The second kappa shape index (κ2) is 7.81. The molecule has 114 valence electrons. The molecule has 1 aromatic rings. The number of nitro groups is 1. The summed E-state index contributed by atoms with van der Waals surface area (Å²) in [5.74, 6) is 0.356. The third-order valence-electron chi connectivity index (χ3n) is 2.95. The molecule has 0 spiro atoms. The molecule has 1 atom stereocenters. The molecule has 1 aromatic heterocycles. The third-order valence-corrected chi connectivity index (χ3v) is 2.95. The molecule has 20 heavy (non-hydrogen) atoms. The van der Waals surface area contributed by atoms with E-state index in [0.717, 1.165) is 6.42 Å². The molecule has 0 radical (unpaired) electrons. The normalized spacial score (nSPS) is 12.4. The number of nitrogens with one attached hydrogen (secondary N) is 1. The van der Waals surface area contributed by atoms with Crippen molar-refractivity contribution >= 4 is 11.5 Å². The van der Waals surface area contributed by atoms with Crippen LogP contribution in [0, 0.1) is 10.1 Å². The van der Waals surface area contributed by atoms with Gasteiger partial charge in [-0.3, -0.25) is 10.1 Å². The summed E-state index contributed by atoms with van der Waals surface area (Å²) in [7, 11) is 3.21. The van der Waals surface area contributed by atoms with E-state index in [2.05, 4.69) is 10.4 Å². The van der Waals surface area contributed by atoms with Gasteiger partial charge in [-0.25, -0.2) is 4.68 Å². The van der Waals surface area contributed by atoms with Crippen molar-refractivity contribution in [2.24, 2.45) is 7.05 Å². The molecule has 1 heterocycles. The number of aromatic nitrogens is 2. The average Bonchev–Trinajstić information content (AvgIpc) is 2.67. The van der Waals surface area contributed by atoms with Gasteiger partial charge in [-0.05, 0) is 12.8 Å². The Hall–Kier alpha value is -1.67. The standard InChI is InChI=1S/C12H22N4O4/c1-4-5-10-11(16(18)19)12(15(2)14-10)13-9(6-7-17)8-20-3/h9,13,17H,4-8H2,1-3H3. The molecular weight excluding hydrogens is 264 g/mol. The van der Waals surface area contributed by atoms with E-state index in [-0.39, 0.29) is 18.3 Å². The molecule has 0 fully saturated rings. The number of aliphatic hydroxyl groups is 1. The molecule has 0 aromatic carbocycles. The fraction of sp³-hybridized carbons (Fsp3) is 0.750. The topological polar surface area (TPSA) is 102 Å². The van der Waals surface area contributed by atoms with Crippen molar-refractivity contribution in [2.75, 3.05) is 25.6 Å². The minimum absolute atomic E-state index is 0.00777. The van der Waals surface area contributed by atoms with E-state index in [4.69, 9.17) is 9.84 Å². The first kappa shape index (κ1) is 16.4. The first-order chi connectivity index (χ1) is 9.54. The molecule has 0 aliphatic heterocycles. The largest absolute Gasteiger partial charge is 0.396 e. The summed E-state index contributed by atoms with van der Waals surface area (Å²) in [6.45, 7) is 2.28. The van der Waals surface area contributed by atoms with Crippen LogP contribution >= 0.6 is 0 Å². The predicted molar refractivity (Wildman–Crippen MR) is 74.8 cm³/mol. The van der Waals surface area contributed by atoms with Crippen LogP contribution in [0.1, 0.15) is 25.5 Å². The van der Waals surface area contributed by atoms with Gasteiger partial charge >= 0.3 is 5.69 Å². The Bertz CT molecular complexity index is 441. The van der Waals surface area contributed by atoms with Crippen LogP contribution in [0.25, 0.3) is 0 Å². The van der Waals surface area contributed by atoms with Crippen LogP contribution < -0.4 is 5.32 Å². The SMILES string of the molecule is CCCc1nn(C)c(NC(CCO)COC)c1[N+](=O)[O-]. The highest BCUT2D eigenvalue weighted by Crippen LogP contribution is 2.29. The summed E-state index contributed by atoms with van der Waals surface area (Å²) < 4.78 is 6.53. The average molecular weight is 286 g/mol. The number of hydrogen-bond acceptors (Lipinski definition) is 6. The summed E-state index contributed by atoms with van der Waals surface area (Å²) in [6, 6.07) is -0.200. The van der Waals surface area contributed by atoms with E-state index >= 15 is 0 Å². The van der Waals surface area contributed by atoms with Crippen LogP contribution in [-0.2, 0) is 18.2 Å². The van der Waals surface area contributed by atoms with Gasteiger partial charge in [0.1, 0.15) is 5.69 Å². The van der Waals surface area contributed by atoms with Crippen molar-refractivity contribution in [1.82, 2.24) is 9.78 Å². The van der Waals surface area contributed by atoms with Crippen molar-refractivity contribution in [3.63, 3.8) is 0 Å². The number of methoxy groups -OCH3 is 1. The van der Waals surface area contributed by atoms with Crippen LogP contribution in [0.4, 0.5) is 11.5 Å². The van der Waals surface area contributed by atoms with Gasteiger partial charge < -0.3 is 15.2 Å². The zero-order chi connectivity index (χ0) is 15.1. The van der Waals surface area contributed by atoms with E-state index < -0.39 is 4.92 Å². The Morgan fingerprint density at radius 3 is 2.80 bits per heavy atom. The summed E-state index contributed by atoms with van der Waals surface area (Å²) in [5.41, 5.74) is 0.482. The van der Waals surface area contributed by atoms with Crippen molar-refractivity contribution in [2.45, 2.75) is 32.2 Å². The van der Waals surface area contributed by atoms with Gasteiger partial charge in [-0.1, -0.05) is 13.3 Å². The number of anilines is 1. The van der Waals surface area contributed by atoms with E-state index in [1.54, 1.807) is 14.2 Å². The molecular formula is C12H22N4O4. The zero-order valence-corrected chi connectivity index (χ0v) is 12.1. The molecule has 1 unspecified atom stereocenters. The van der Waals surface area contributed by atoms with Gasteiger partial charge in [0, 0.05) is 20.8 Å². The second-order valence-electron chi connectivity index (χ2n) is 4.58. The summed E-state index contributed by atoms with van der Waals surface area (Å²) >= 11 is 0. The number of nitrogens with zero attached hydrogens (tertiary/aromatic N) is 3. The van der Waals surface area contributed by atoms with Crippen LogP contribution in [-0.4, -0.2) is 46.2 Å².